The van der Waals surface area contributed by atoms with Crippen LogP contribution in [0.25, 0.3) is 11.5 Å². The summed E-state index contributed by atoms with van der Waals surface area (Å²) < 4.78 is 5.71. The van der Waals surface area contributed by atoms with E-state index in [1.165, 1.54) is 11.1 Å². The Balaban J connectivity index is 1.64. The van der Waals surface area contributed by atoms with Crippen molar-refractivity contribution >= 4 is 5.69 Å². The van der Waals surface area contributed by atoms with E-state index in [9.17, 15) is 0 Å². The van der Waals surface area contributed by atoms with Crippen molar-refractivity contribution in [3.8, 4) is 11.5 Å². The standard InChI is InChI=1S/C19H21N3O/c1-13(2)15-8-10-17(11-9-15)20-12-18-21-22-19(23-18)16-6-4-14(3)5-7-16/h4-11,13,20H,12H2,1-3H3. The summed E-state index contributed by atoms with van der Waals surface area (Å²) in [6.07, 6.45) is 0. The van der Waals surface area contributed by atoms with Crippen LogP contribution in [0.2, 0.25) is 0 Å². The second-order valence-electron chi connectivity index (χ2n) is 6.00. The number of hydrogen-bond acceptors (Lipinski definition) is 4. The van der Waals surface area contributed by atoms with E-state index in [0.29, 0.717) is 24.2 Å². The van der Waals surface area contributed by atoms with E-state index in [-0.39, 0.29) is 0 Å². The van der Waals surface area contributed by atoms with Crippen molar-refractivity contribution < 1.29 is 4.42 Å². The highest BCUT2D eigenvalue weighted by atomic mass is 16.4. The molecule has 118 valence electrons. The summed E-state index contributed by atoms with van der Waals surface area (Å²) in [7, 11) is 0. The second-order valence-corrected chi connectivity index (χ2v) is 6.00. The molecule has 4 heteroatoms. The van der Waals surface area contributed by atoms with Crippen LogP contribution in [0.5, 0.6) is 0 Å². The molecule has 0 aliphatic carbocycles. The highest BCUT2D eigenvalue weighted by Gasteiger charge is 2.08. The molecule has 0 radical (unpaired) electrons. The molecule has 0 aliphatic rings. The third kappa shape index (κ3) is 3.77. The average Bonchev–Trinajstić information content (AvgIpc) is 3.03. The van der Waals surface area contributed by atoms with E-state index in [1.54, 1.807) is 0 Å². The number of nitrogens with one attached hydrogen (secondary N) is 1. The van der Waals surface area contributed by atoms with Gasteiger partial charge in [-0.05, 0) is 42.7 Å². The SMILES string of the molecule is Cc1ccc(-c2nnc(CNc3ccc(C(C)C)cc3)o2)cc1. The molecule has 3 rings (SSSR count). The van der Waals surface area contributed by atoms with E-state index in [0.717, 1.165) is 11.3 Å². The first kappa shape index (κ1) is 15.3. The topological polar surface area (TPSA) is 51.0 Å². The molecule has 0 amide bonds. The zero-order valence-corrected chi connectivity index (χ0v) is 13.7. The number of anilines is 1. The normalized spacial score (nSPS) is 11.0. The van der Waals surface area contributed by atoms with Gasteiger partial charge in [-0.1, -0.05) is 43.7 Å². The molecule has 1 heterocycles. The van der Waals surface area contributed by atoms with E-state index in [2.05, 4.69) is 60.6 Å². The predicted octanol–water partition coefficient (Wildman–Crippen LogP) is 4.78. The highest BCUT2D eigenvalue weighted by molar-refractivity contribution is 5.53. The molecule has 23 heavy (non-hydrogen) atoms. The summed E-state index contributed by atoms with van der Waals surface area (Å²) in [5.74, 6) is 1.67. The van der Waals surface area contributed by atoms with E-state index < -0.39 is 0 Å². The van der Waals surface area contributed by atoms with E-state index >= 15 is 0 Å². The molecular weight excluding hydrogens is 286 g/mol. The van der Waals surface area contributed by atoms with Crippen molar-refractivity contribution in [3.63, 3.8) is 0 Å². The lowest BCUT2D eigenvalue weighted by Gasteiger charge is -2.07. The largest absolute Gasteiger partial charge is 0.419 e. The van der Waals surface area contributed by atoms with Crippen molar-refractivity contribution in [1.82, 2.24) is 10.2 Å². The van der Waals surface area contributed by atoms with Gasteiger partial charge in [0.15, 0.2) is 0 Å². The molecule has 0 spiro atoms. The van der Waals surface area contributed by atoms with Crippen LogP contribution in [-0.2, 0) is 6.54 Å². The molecule has 4 nitrogen and oxygen atoms in total. The van der Waals surface area contributed by atoms with Crippen LogP contribution in [0.1, 0.15) is 36.8 Å². The van der Waals surface area contributed by atoms with Gasteiger partial charge in [0.1, 0.15) is 0 Å². The fourth-order valence-corrected chi connectivity index (χ4v) is 2.30. The Labute approximate surface area is 136 Å². The smallest absolute Gasteiger partial charge is 0.247 e. The minimum atomic E-state index is 0.514. The van der Waals surface area contributed by atoms with Gasteiger partial charge in [-0.2, -0.15) is 0 Å². The Kier molecular flexibility index (Phi) is 4.42. The molecule has 0 saturated carbocycles. The van der Waals surface area contributed by atoms with Gasteiger partial charge in [-0.3, -0.25) is 0 Å². The molecule has 0 bridgehead atoms. The third-order valence-corrected chi connectivity index (χ3v) is 3.79. The van der Waals surface area contributed by atoms with Crippen molar-refractivity contribution in [2.45, 2.75) is 33.2 Å². The minimum absolute atomic E-state index is 0.514. The van der Waals surface area contributed by atoms with Gasteiger partial charge in [0, 0.05) is 11.3 Å². The molecule has 0 atom stereocenters. The highest BCUT2D eigenvalue weighted by Crippen LogP contribution is 2.20. The Hall–Kier alpha value is -2.62. The quantitative estimate of drug-likeness (QED) is 0.737. The van der Waals surface area contributed by atoms with Crippen molar-refractivity contribution in [3.05, 3.63) is 65.5 Å². The summed E-state index contributed by atoms with van der Waals surface area (Å²) in [5.41, 5.74) is 4.52. The Morgan fingerprint density at radius 2 is 1.65 bits per heavy atom. The first-order chi connectivity index (χ1) is 11.1. The van der Waals surface area contributed by atoms with E-state index in [4.69, 9.17) is 4.42 Å². The lowest BCUT2D eigenvalue weighted by Crippen LogP contribution is -2.00. The zero-order valence-electron chi connectivity index (χ0n) is 13.7. The van der Waals surface area contributed by atoms with Crippen LogP contribution in [-0.4, -0.2) is 10.2 Å². The monoisotopic (exact) mass is 307 g/mol. The van der Waals surface area contributed by atoms with Crippen molar-refractivity contribution in [2.75, 3.05) is 5.32 Å². The molecule has 0 aliphatic heterocycles. The Morgan fingerprint density at radius 1 is 0.957 bits per heavy atom. The maximum atomic E-state index is 5.71. The fraction of sp³-hybridized carbons (Fsp3) is 0.263. The maximum Gasteiger partial charge on any atom is 0.247 e. The third-order valence-electron chi connectivity index (χ3n) is 3.79. The van der Waals surface area contributed by atoms with Crippen LogP contribution in [0.4, 0.5) is 5.69 Å². The summed E-state index contributed by atoms with van der Waals surface area (Å²) >= 11 is 0. The number of nitrogens with zero attached hydrogens (tertiary/aromatic N) is 2. The van der Waals surface area contributed by atoms with Gasteiger partial charge in [0.05, 0.1) is 6.54 Å². The van der Waals surface area contributed by atoms with Gasteiger partial charge in [0.2, 0.25) is 11.8 Å². The lowest BCUT2D eigenvalue weighted by molar-refractivity contribution is 0.515. The lowest BCUT2D eigenvalue weighted by atomic mass is 10.0. The first-order valence-electron chi connectivity index (χ1n) is 7.85. The molecule has 0 saturated heterocycles. The first-order valence-corrected chi connectivity index (χ1v) is 7.85. The second kappa shape index (κ2) is 6.65. The van der Waals surface area contributed by atoms with Crippen LogP contribution in [0.15, 0.2) is 52.9 Å². The molecule has 2 aromatic carbocycles. The van der Waals surface area contributed by atoms with Crippen molar-refractivity contribution in [1.29, 1.82) is 0 Å². The average molecular weight is 307 g/mol. The van der Waals surface area contributed by atoms with Gasteiger partial charge in [-0.15, -0.1) is 10.2 Å². The predicted molar refractivity (Wildman–Crippen MR) is 92.3 cm³/mol. The Morgan fingerprint density at radius 3 is 2.30 bits per heavy atom. The molecule has 3 aromatic rings. The van der Waals surface area contributed by atoms with Crippen LogP contribution in [0.3, 0.4) is 0 Å². The molecule has 1 aromatic heterocycles. The van der Waals surface area contributed by atoms with Crippen LogP contribution >= 0.6 is 0 Å². The van der Waals surface area contributed by atoms with Gasteiger partial charge in [-0.25, -0.2) is 0 Å². The molecule has 0 fully saturated rings. The maximum absolute atomic E-state index is 5.71. The van der Waals surface area contributed by atoms with E-state index in [1.807, 2.05) is 24.3 Å². The molecule has 0 unspecified atom stereocenters. The fourth-order valence-electron chi connectivity index (χ4n) is 2.30. The molecule has 1 N–H and O–H groups in total. The van der Waals surface area contributed by atoms with Crippen LogP contribution < -0.4 is 5.32 Å². The number of aromatic nitrogens is 2. The van der Waals surface area contributed by atoms with Gasteiger partial charge < -0.3 is 9.73 Å². The number of rotatable bonds is 5. The number of aryl methyl sites for hydroxylation is 1. The summed E-state index contributed by atoms with van der Waals surface area (Å²) in [5, 5.41) is 11.5. The van der Waals surface area contributed by atoms with Gasteiger partial charge >= 0.3 is 0 Å². The summed E-state index contributed by atoms with van der Waals surface area (Å²) in [6.45, 7) is 6.94. The zero-order chi connectivity index (χ0) is 16.2. The summed E-state index contributed by atoms with van der Waals surface area (Å²) in [4.78, 5) is 0. The van der Waals surface area contributed by atoms with Gasteiger partial charge in [0.25, 0.3) is 0 Å². The molecular formula is C19H21N3O. The number of benzene rings is 2. The Bertz CT molecular complexity index is 758. The van der Waals surface area contributed by atoms with Crippen LogP contribution in [0, 0.1) is 6.92 Å². The minimum Gasteiger partial charge on any atom is -0.419 e. The van der Waals surface area contributed by atoms with Crippen molar-refractivity contribution in [2.24, 2.45) is 0 Å². The number of hydrogen-bond donors (Lipinski definition) is 1. The summed E-state index contributed by atoms with van der Waals surface area (Å²) in [6, 6.07) is 16.5.